The normalized spacial score (nSPS) is 10.4. The van der Waals surface area contributed by atoms with E-state index in [0.29, 0.717) is 16.5 Å². The van der Waals surface area contributed by atoms with Crippen LogP contribution in [0.3, 0.4) is 0 Å². The van der Waals surface area contributed by atoms with Crippen LogP contribution in [0.1, 0.15) is 31.1 Å². The zero-order chi connectivity index (χ0) is 20.3. The Morgan fingerprint density at radius 1 is 0.929 bits per heavy atom. The number of anilines is 1. The number of methoxy groups -OCH3 is 2. The minimum atomic E-state index is -0.654. The summed E-state index contributed by atoms with van der Waals surface area (Å²) in [6.07, 6.45) is 0. The Labute approximate surface area is 165 Å². The maximum Gasteiger partial charge on any atom is 0.337 e. The van der Waals surface area contributed by atoms with Crippen molar-refractivity contribution in [3.05, 3.63) is 70.4 Å². The first-order chi connectivity index (χ1) is 13.4. The van der Waals surface area contributed by atoms with E-state index in [0.717, 1.165) is 0 Å². The Kier molecular flexibility index (Phi) is 5.56. The summed E-state index contributed by atoms with van der Waals surface area (Å²) >= 11 is 6.03. The van der Waals surface area contributed by atoms with Crippen LogP contribution < -0.4 is 5.32 Å². The fourth-order valence-corrected chi connectivity index (χ4v) is 2.90. The molecule has 0 spiro atoms. The summed E-state index contributed by atoms with van der Waals surface area (Å²) in [7, 11) is 2.44. The fourth-order valence-electron chi connectivity index (χ4n) is 2.70. The largest absolute Gasteiger partial charge is 0.465 e. The van der Waals surface area contributed by atoms with Crippen LogP contribution in [0.2, 0.25) is 5.15 Å². The van der Waals surface area contributed by atoms with Gasteiger partial charge in [0.05, 0.1) is 36.4 Å². The molecule has 3 rings (SSSR count). The maximum atomic E-state index is 12.9. The van der Waals surface area contributed by atoms with Gasteiger partial charge in [0.15, 0.2) is 0 Å². The standard InChI is InChI=1S/C20H15ClN2O5/c1-27-19(25)11-7-12(20(26)28-2)9-13(8-11)22-18(24)15-10-17(21)23-16-6-4-3-5-14(15)16/h3-10H,1-2H3,(H,22,24). The monoisotopic (exact) mass is 398 g/mol. The predicted octanol–water partition coefficient (Wildman–Crippen LogP) is 3.71. The van der Waals surface area contributed by atoms with Crippen LogP contribution in [-0.2, 0) is 9.47 Å². The number of aromatic nitrogens is 1. The molecule has 0 unspecified atom stereocenters. The van der Waals surface area contributed by atoms with Crippen LogP contribution in [0, 0.1) is 0 Å². The van der Waals surface area contributed by atoms with Gasteiger partial charge < -0.3 is 14.8 Å². The molecular formula is C20H15ClN2O5. The predicted molar refractivity (Wildman–Crippen MR) is 104 cm³/mol. The number of halogens is 1. The van der Waals surface area contributed by atoms with E-state index in [1.165, 1.54) is 38.5 Å². The maximum absolute atomic E-state index is 12.9. The van der Waals surface area contributed by atoms with Crippen molar-refractivity contribution in [1.82, 2.24) is 4.98 Å². The lowest BCUT2D eigenvalue weighted by molar-refractivity contribution is 0.0599. The number of hydrogen-bond donors (Lipinski definition) is 1. The van der Waals surface area contributed by atoms with Gasteiger partial charge in [-0.2, -0.15) is 0 Å². The Morgan fingerprint density at radius 2 is 1.54 bits per heavy atom. The zero-order valence-corrected chi connectivity index (χ0v) is 15.7. The summed E-state index contributed by atoms with van der Waals surface area (Å²) in [5, 5.41) is 3.46. The highest BCUT2D eigenvalue weighted by Gasteiger charge is 2.17. The number of ether oxygens (including phenoxy) is 2. The molecule has 0 aliphatic rings. The van der Waals surface area contributed by atoms with Gasteiger partial charge in [0, 0.05) is 11.1 Å². The first kappa shape index (κ1) is 19.3. The number of benzene rings is 2. The number of carbonyl (C=O) groups is 3. The van der Waals surface area contributed by atoms with Crippen molar-refractivity contribution < 1.29 is 23.9 Å². The lowest BCUT2D eigenvalue weighted by Crippen LogP contribution is -2.15. The second-order valence-corrected chi connectivity index (χ2v) is 6.13. The van der Waals surface area contributed by atoms with Gasteiger partial charge in [-0.15, -0.1) is 0 Å². The van der Waals surface area contributed by atoms with E-state index >= 15 is 0 Å². The third-order valence-corrected chi connectivity index (χ3v) is 4.16. The summed E-state index contributed by atoms with van der Waals surface area (Å²) in [5.74, 6) is -1.78. The number of pyridine rings is 1. The Bertz CT molecular complexity index is 1060. The Balaban J connectivity index is 2.03. The summed E-state index contributed by atoms with van der Waals surface area (Å²) < 4.78 is 9.39. The molecule has 8 heteroatoms. The van der Waals surface area contributed by atoms with Crippen LogP contribution in [0.4, 0.5) is 5.69 Å². The van der Waals surface area contributed by atoms with Crippen molar-refractivity contribution in [1.29, 1.82) is 0 Å². The van der Waals surface area contributed by atoms with Crippen molar-refractivity contribution >= 4 is 46.0 Å². The molecule has 0 aliphatic heterocycles. The van der Waals surface area contributed by atoms with Crippen molar-refractivity contribution in [2.45, 2.75) is 0 Å². The number of rotatable bonds is 4. The molecule has 0 saturated carbocycles. The van der Waals surface area contributed by atoms with Crippen molar-refractivity contribution in [3.63, 3.8) is 0 Å². The molecule has 2 aromatic carbocycles. The molecule has 0 bridgehead atoms. The molecule has 0 saturated heterocycles. The number of amides is 1. The lowest BCUT2D eigenvalue weighted by atomic mass is 10.1. The van der Waals surface area contributed by atoms with Gasteiger partial charge in [-0.1, -0.05) is 29.8 Å². The fraction of sp³-hybridized carbons (Fsp3) is 0.100. The van der Waals surface area contributed by atoms with E-state index in [2.05, 4.69) is 10.3 Å². The summed E-state index contributed by atoms with van der Waals surface area (Å²) in [6, 6.07) is 12.6. The number of para-hydroxylation sites is 1. The molecule has 1 aromatic heterocycles. The summed E-state index contributed by atoms with van der Waals surface area (Å²) in [6.45, 7) is 0. The second-order valence-electron chi connectivity index (χ2n) is 5.75. The summed E-state index contributed by atoms with van der Waals surface area (Å²) in [5.41, 5.74) is 1.29. The van der Waals surface area contributed by atoms with Crippen molar-refractivity contribution in [2.75, 3.05) is 19.5 Å². The second kappa shape index (κ2) is 8.06. The Morgan fingerprint density at radius 3 is 2.14 bits per heavy atom. The van der Waals surface area contributed by atoms with E-state index in [-0.39, 0.29) is 22.0 Å². The molecular weight excluding hydrogens is 384 g/mol. The average Bonchev–Trinajstić information content (AvgIpc) is 2.71. The number of hydrogen-bond acceptors (Lipinski definition) is 6. The number of nitrogens with zero attached hydrogens (tertiary/aromatic N) is 1. The highest BCUT2D eigenvalue weighted by molar-refractivity contribution is 6.30. The van der Waals surface area contributed by atoms with Crippen molar-refractivity contribution in [2.24, 2.45) is 0 Å². The molecule has 1 heterocycles. The third-order valence-electron chi connectivity index (χ3n) is 3.96. The minimum absolute atomic E-state index is 0.0957. The van der Waals surface area contributed by atoms with Crippen LogP contribution in [0.15, 0.2) is 48.5 Å². The molecule has 0 fully saturated rings. The molecule has 7 nitrogen and oxygen atoms in total. The van der Waals surface area contributed by atoms with Gasteiger partial charge >= 0.3 is 11.9 Å². The van der Waals surface area contributed by atoms with Crippen molar-refractivity contribution in [3.8, 4) is 0 Å². The Hall–Kier alpha value is -3.45. The first-order valence-electron chi connectivity index (χ1n) is 8.11. The highest BCUT2D eigenvalue weighted by Crippen LogP contribution is 2.23. The topological polar surface area (TPSA) is 94.6 Å². The zero-order valence-electron chi connectivity index (χ0n) is 15.0. The third kappa shape index (κ3) is 3.94. The smallest absolute Gasteiger partial charge is 0.337 e. The van der Waals surface area contributed by atoms with Gasteiger partial charge in [-0.05, 0) is 30.3 Å². The van der Waals surface area contributed by atoms with E-state index in [9.17, 15) is 14.4 Å². The van der Waals surface area contributed by atoms with Crippen LogP contribution in [0.25, 0.3) is 10.9 Å². The number of carbonyl (C=O) groups excluding carboxylic acids is 3. The highest BCUT2D eigenvalue weighted by atomic mass is 35.5. The molecule has 0 radical (unpaired) electrons. The summed E-state index contributed by atoms with van der Waals surface area (Å²) in [4.78, 5) is 40.8. The molecule has 1 amide bonds. The SMILES string of the molecule is COC(=O)c1cc(NC(=O)c2cc(Cl)nc3ccccc23)cc(C(=O)OC)c1. The minimum Gasteiger partial charge on any atom is -0.465 e. The first-order valence-corrected chi connectivity index (χ1v) is 8.49. The molecule has 28 heavy (non-hydrogen) atoms. The van der Waals surface area contributed by atoms with Gasteiger partial charge in [0.25, 0.3) is 5.91 Å². The molecule has 142 valence electrons. The number of fused-ring (bicyclic) bond motifs is 1. The van der Waals surface area contributed by atoms with Crippen LogP contribution in [-0.4, -0.2) is 37.0 Å². The molecule has 0 atom stereocenters. The van der Waals surface area contributed by atoms with E-state index < -0.39 is 17.8 Å². The van der Waals surface area contributed by atoms with Gasteiger partial charge in [0.2, 0.25) is 0 Å². The van der Waals surface area contributed by atoms with Crippen LogP contribution >= 0.6 is 11.6 Å². The quantitative estimate of drug-likeness (QED) is 0.531. The lowest BCUT2D eigenvalue weighted by Gasteiger charge is -2.11. The van der Waals surface area contributed by atoms with E-state index in [1.54, 1.807) is 24.3 Å². The molecule has 3 aromatic rings. The van der Waals surface area contributed by atoms with E-state index in [1.807, 2.05) is 0 Å². The average molecular weight is 399 g/mol. The van der Waals surface area contributed by atoms with Gasteiger partial charge in [-0.25, -0.2) is 14.6 Å². The van der Waals surface area contributed by atoms with Gasteiger partial charge in [0.1, 0.15) is 5.15 Å². The number of esters is 2. The van der Waals surface area contributed by atoms with Crippen LogP contribution in [0.5, 0.6) is 0 Å². The van der Waals surface area contributed by atoms with Gasteiger partial charge in [-0.3, -0.25) is 4.79 Å². The van der Waals surface area contributed by atoms with E-state index in [4.69, 9.17) is 21.1 Å². The molecule has 0 aliphatic carbocycles. The number of nitrogens with one attached hydrogen (secondary N) is 1. The molecule has 1 N–H and O–H groups in total.